The van der Waals surface area contributed by atoms with Gasteiger partial charge < -0.3 is 14.8 Å². The molecular weight excluding hydrogens is 262 g/mol. The van der Waals surface area contributed by atoms with Gasteiger partial charge in [0, 0.05) is 19.3 Å². The van der Waals surface area contributed by atoms with Gasteiger partial charge in [-0.15, -0.1) is 0 Å². The van der Waals surface area contributed by atoms with Gasteiger partial charge in [-0.05, 0) is 50.3 Å². The highest BCUT2D eigenvalue weighted by Gasteiger charge is 2.23. The van der Waals surface area contributed by atoms with E-state index in [1.807, 2.05) is 0 Å². The van der Waals surface area contributed by atoms with Crippen molar-refractivity contribution in [3.05, 3.63) is 35.4 Å². The number of benzene rings is 1. The maximum atomic E-state index is 6.04. The lowest BCUT2D eigenvalue weighted by Crippen LogP contribution is -2.32. The van der Waals surface area contributed by atoms with Crippen LogP contribution in [0.5, 0.6) is 0 Å². The number of rotatable bonds is 9. The Bertz CT molecular complexity index is 408. The van der Waals surface area contributed by atoms with Crippen LogP contribution in [0.25, 0.3) is 0 Å². The molecule has 2 atom stereocenters. The molecule has 1 heterocycles. The van der Waals surface area contributed by atoms with Crippen molar-refractivity contribution in [3.8, 4) is 0 Å². The molecule has 1 N–H and O–H groups in total. The monoisotopic (exact) mass is 291 g/mol. The minimum absolute atomic E-state index is 0.242. The largest absolute Gasteiger partial charge is 0.382 e. The zero-order valence-electron chi connectivity index (χ0n) is 13.4. The van der Waals surface area contributed by atoms with E-state index in [1.165, 1.54) is 11.1 Å². The summed E-state index contributed by atoms with van der Waals surface area (Å²) >= 11 is 0. The molecular formula is C18H29NO2. The summed E-state index contributed by atoms with van der Waals surface area (Å²) in [6.07, 6.45) is 4.60. The van der Waals surface area contributed by atoms with Gasteiger partial charge in [-0.25, -0.2) is 0 Å². The van der Waals surface area contributed by atoms with Gasteiger partial charge in [-0.3, -0.25) is 0 Å². The predicted octanol–water partition coefficient (Wildman–Crippen LogP) is 3.49. The topological polar surface area (TPSA) is 30.5 Å². The molecule has 2 unspecified atom stereocenters. The Kier molecular flexibility index (Phi) is 7.20. The Balaban J connectivity index is 1.91. The fourth-order valence-corrected chi connectivity index (χ4v) is 3.10. The molecule has 0 spiro atoms. The fraction of sp³-hybridized carbons (Fsp3) is 0.667. The van der Waals surface area contributed by atoms with Crippen molar-refractivity contribution in [2.45, 2.75) is 51.7 Å². The summed E-state index contributed by atoms with van der Waals surface area (Å²) < 4.78 is 11.5. The summed E-state index contributed by atoms with van der Waals surface area (Å²) in [6.45, 7) is 7.75. The third-order valence-corrected chi connectivity index (χ3v) is 4.13. The molecule has 0 aromatic heterocycles. The van der Waals surface area contributed by atoms with Crippen LogP contribution in [0.2, 0.25) is 0 Å². The van der Waals surface area contributed by atoms with Crippen molar-refractivity contribution in [2.75, 3.05) is 26.4 Å². The molecule has 2 rings (SSSR count). The maximum absolute atomic E-state index is 6.04. The number of ether oxygens (including phenoxy) is 2. The molecule has 0 radical (unpaired) electrons. The molecule has 1 aliphatic rings. The van der Waals surface area contributed by atoms with Gasteiger partial charge >= 0.3 is 0 Å². The highest BCUT2D eigenvalue weighted by molar-refractivity contribution is 5.31. The maximum Gasteiger partial charge on any atom is 0.0842 e. The molecule has 0 saturated heterocycles. The van der Waals surface area contributed by atoms with Crippen molar-refractivity contribution >= 4 is 0 Å². The molecule has 0 amide bonds. The summed E-state index contributed by atoms with van der Waals surface area (Å²) in [7, 11) is 0. The van der Waals surface area contributed by atoms with Gasteiger partial charge in [-0.2, -0.15) is 0 Å². The highest BCUT2D eigenvalue weighted by Crippen LogP contribution is 2.31. The van der Waals surface area contributed by atoms with Crippen LogP contribution >= 0.6 is 0 Å². The van der Waals surface area contributed by atoms with Crippen molar-refractivity contribution in [1.29, 1.82) is 0 Å². The minimum Gasteiger partial charge on any atom is -0.382 e. The molecule has 1 aliphatic heterocycles. The van der Waals surface area contributed by atoms with Gasteiger partial charge in [-0.1, -0.05) is 31.2 Å². The summed E-state index contributed by atoms with van der Waals surface area (Å²) in [5.41, 5.74) is 2.84. The Morgan fingerprint density at radius 3 is 3.00 bits per heavy atom. The Labute approximate surface area is 129 Å². The molecule has 1 aromatic rings. The first-order valence-electron chi connectivity index (χ1n) is 8.35. The molecule has 3 heteroatoms. The van der Waals surface area contributed by atoms with Crippen molar-refractivity contribution in [1.82, 2.24) is 5.32 Å². The quantitative estimate of drug-likeness (QED) is 0.707. The standard InChI is InChI=1S/C18H29NO2/c1-3-19-16(9-7-12-20-4-2)14-18-17-10-6-5-8-15(17)11-13-21-18/h5-6,8,10,16,18-19H,3-4,7,9,11-14H2,1-2H3. The molecule has 0 saturated carbocycles. The van der Waals surface area contributed by atoms with E-state index in [4.69, 9.17) is 9.47 Å². The van der Waals surface area contributed by atoms with E-state index >= 15 is 0 Å². The minimum atomic E-state index is 0.242. The van der Waals surface area contributed by atoms with Crippen molar-refractivity contribution < 1.29 is 9.47 Å². The number of hydrogen-bond acceptors (Lipinski definition) is 3. The summed E-state index contributed by atoms with van der Waals surface area (Å²) in [6, 6.07) is 9.22. The number of hydrogen-bond donors (Lipinski definition) is 1. The fourth-order valence-electron chi connectivity index (χ4n) is 3.10. The van der Waals surface area contributed by atoms with Gasteiger partial charge in [0.25, 0.3) is 0 Å². The first kappa shape index (κ1) is 16.5. The second-order valence-corrected chi connectivity index (χ2v) is 5.64. The summed E-state index contributed by atoms with van der Waals surface area (Å²) in [4.78, 5) is 0. The normalized spacial score (nSPS) is 19.2. The molecule has 0 aliphatic carbocycles. The third-order valence-electron chi connectivity index (χ3n) is 4.13. The first-order valence-corrected chi connectivity index (χ1v) is 8.35. The Morgan fingerprint density at radius 1 is 1.33 bits per heavy atom. The van der Waals surface area contributed by atoms with Gasteiger partial charge in [0.2, 0.25) is 0 Å². The van der Waals surface area contributed by atoms with Crippen LogP contribution < -0.4 is 5.32 Å². The van der Waals surface area contributed by atoms with Crippen LogP contribution in [-0.2, 0) is 15.9 Å². The zero-order chi connectivity index (χ0) is 14.9. The van der Waals surface area contributed by atoms with E-state index in [9.17, 15) is 0 Å². The van der Waals surface area contributed by atoms with Gasteiger partial charge in [0.05, 0.1) is 12.7 Å². The van der Waals surface area contributed by atoms with Crippen molar-refractivity contribution in [3.63, 3.8) is 0 Å². The molecule has 3 nitrogen and oxygen atoms in total. The second-order valence-electron chi connectivity index (χ2n) is 5.64. The molecule has 118 valence electrons. The second kappa shape index (κ2) is 9.19. The third kappa shape index (κ3) is 5.10. The van der Waals surface area contributed by atoms with Crippen LogP contribution in [-0.4, -0.2) is 32.4 Å². The smallest absolute Gasteiger partial charge is 0.0842 e. The SMILES string of the molecule is CCNC(CCCOCC)CC1OCCc2ccccc21. The average Bonchev–Trinajstić information content (AvgIpc) is 2.52. The van der Waals surface area contributed by atoms with Crippen LogP contribution in [0.15, 0.2) is 24.3 Å². The lowest BCUT2D eigenvalue weighted by molar-refractivity contribution is 0.0280. The van der Waals surface area contributed by atoms with Crippen LogP contribution in [0, 0.1) is 0 Å². The molecule has 21 heavy (non-hydrogen) atoms. The molecule has 0 fully saturated rings. The Hall–Kier alpha value is -0.900. The van der Waals surface area contributed by atoms with Crippen LogP contribution in [0.1, 0.15) is 50.3 Å². The van der Waals surface area contributed by atoms with Gasteiger partial charge in [0.1, 0.15) is 0 Å². The molecule has 0 bridgehead atoms. The number of nitrogens with one attached hydrogen (secondary N) is 1. The van der Waals surface area contributed by atoms with Crippen LogP contribution in [0.3, 0.4) is 0 Å². The van der Waals surface area contributed by atoms with E-state index in [0.29, 0.717) is 6.04 Å². The Morgan fingerprint density at radius 2 is 2.19 bits per heavy atom. The first-order chi connectivity index (χ1) is 10.3. The number of fused-ring (bicyclic) bond motifs is 1. The van der Waals surface area contributed by atoms with E-state index < -0.39 is 0 Å². The van der Waals surface area contributed by atoms with E-state index in [2.05, 4.69) is 43.4 Å². The van der Waals surface area contributed by atoms with E-state index in [1.54, 1.807) is 0 Å². The summed E-state index contributed by atoms with van der Waals surface area (Å²) in [5.74, 6) is 0. The lowest BCUT2D eigenvalue weighted by atomic mass is 9.92. The van der Waals surface area contributed by atoms with E-state index in [-0.39, 0.29) is 6.10 Å². The van der Waals surface area contributed by atoms with Crippen LogP contribution in [0.4, 0.5) is 0 Å². The lowest BCUT2D eigenvalue weighted by Gasteiger charge is -2.29. The van der Waals surface area contributed by atoms with Crippen molar-refractivity contribution in [2.24, 2.45) is 0 Å². The molecule has 1 aromatic carbocycles. The zero-order valence-corrected chi connectivity index (χ0v) is 13.4. The highest BCUT2D eigenvalue weighted by atomic mass is 16.5. The van der Waals surface area contributed by atoms with Gasteiger partial charge in [0.15, 0.2) is 0 Å². The predicted molar refractivity (Wildman–Crippen MR) is 86.6 cm³/mol. The van der Waals surface area contributed by atoms with E-state index in [0.717, 1.165) is 52.0 Å². The summed E-state index contributed by atoms with van der Waals surface area (Å²) in [5, 5.41) is 3.60. The average molecular weight is 291 g/mol.